The summed E-state index contributed by atoms with van der Waals surface area (Å²) in [4.78, 5) is 26.2. The Kier molecular flexibility index (Phi) is 5.53. The number of nitrogens with zero attached hydrogens (tertiary/aromatic N) is 1. The fourth-order valence-corrected chi connectivity index (χ4v) is 3.20. The number of amides is 3. The number of rotatable bonds is 6. The summed E-state index contributed by atoms with van der Waals surface area (Å²) in [7, 11) is 0. The van der Waals surface area contributed by atoms with Crippen molar-refractivity contribution in [3.63, 3.8) is 0 Å². The number of carbonyl (C=O) groups is 2. The Morgan fingerprint density at radius 2 is 1.78 bits per heavy atom. The van der Waals surface area contributed by atoms with Crippen molar-refractivity contribution in [3.05, 3.63) is 64.1 Å². The summed E-state index contributed by atoms with van der Waals surface area (Å²) in [5.74, 6) is 0.206. The van der Waals surface area contributed by atoms with Gasteiger partial charge in [0.05, 0.1) is 6.54 Å². The molecule has 2 N–H and O–H groups in total. The van der Waals surface area contributed by atoms with Gasteiger partial charge in [-0.2, -0.15) is 0 Å². The first kappa shape index (κ1) is 19.4. The van der Waals surface area contributed by atoms with Crippen molar-refractivity contribution in [3.8, 4) is 5.75 Å². The van der Waals surface area contributed by atoms with E-state index in [9.17, 15) is 14.7 Å². The fraction of sp³-hybridized carbons (Fsp3) is 0.300. The lowest BCUT2D eigenvalue weighted by Gasteiger charge is -2.23. The predicted molar refractivity (Wildman–Crippen MR) is 104 cm³/mol. The van der Waals surface area contributed by atoms with Crippen LogP contribution in [0.15, 0.2) is 53.0 Å². The quantitative estimate of drug-likeness (QED) is 0.687. The van der Waals surface area contributed by atoms with E-state index in [1.165, 1.54) is 0 Å². The van der Waals surface area contributed by atoms with Crippen LogP contribution in [-0.4, -0.2) is 41.2 Å². The highest BCUT2D eigenvalue weighted by Gasteiger charge is 2.49. The number of aliphatic hydroxyl groups excluding tert-OH is 1. The zero-order valence-electron chi connectivity index (χ0n) is 15.1. The largest absolute Gasteiger partial charge is 0.491 e. The predicted octanol–water partition coefficient (Wildman–Crippen LogP) is 2.96. The van der Waals surface area contributed by atoms with E-state index in [2.05, 4.69) is 21.2 Å². The van der Waals surface area contributed by atoms with Gasteiger partial charge in [0.15, 0.2) is 0 Å². The van der Waals surface area contributed by atoms with Crippen LogP contribution in [0.4, 0.5) is 4.79 Å². The van der Waals surface area contributed by atoms with Crippen LogP contribution in [0.1, 0.15) is 18.1 Å². The van der Waals surface area contributed by atoms with Crippen molar-refractivity contribution in [1.82, 2.24) is 10.2 Å². The van der Waals surface area contributed by atoms with Crippen LogP contribution in [0, 0.1) is 6.92 Å². The third-order valence-corrected chi connectivity index (χ3v) is 5.08. The van der Waals surface area contributed by atoms with Crippen molar-refractivity contribution in [2.45, 2.75) is 25.5 Å². The normalized spacial score (nSPS) is 20.5. The Morgan fingerprint density at radius 1 is 1.15 bits per heavy atom. The SMILES string of the molecule is Cc1ccc([C@]2(C)NC(=O)N(C[C@H](O)COc3ccc(Br)cc3)C2=O)cc1. The first-order valence-electron chi connectivity index (χ1n) is 8.57. The van der Waals surface area contributed by atoms with Crippen molar-refractivity contribution in [1.29, 1.82) is 0 Å². The van der Waals surface area contributed by atoms with Crippen molar-refractivity contribution >= 4 is 27.9 Å². The van der Waals surface area contributed by atoms with E-state index in [0.29, 0.717) is 11.3 Å². The zero-order chi connectivity index (χ0) is 19.6. The molecule has 0 saturated carbocycles. The molecule has 0 spiro atoms. The van der Waals surface area contributed by atoms with Crippen LogP contribution in [0.25, 0.3) is 0 Å². The van der Waals surface area contributed by atoms with E-state index in [4.69, 9.17) is 4.74 Å². The van der Waals surface area contributed by atoms with Gasteiger partial charge in [-0.25, -0.2) is 4.79 Å². The Hall–Kier alpha value is -2.38. The smallest absolute Gasteiger partial charge is 0.325 e. The van der Waals surface area contributed by atoms with Gasteiger partial charge in [0.25, 0.3) is 5.91 Å². The number of carbonyl (C=O) groups excluding carboxylic acids is 2. The van der Waals surface area contributed by atoms with Gasteiger partial charge < -0.3 is 15.2 Å². The van der Waals surface area contributed by atoms with Gasteiger partial charge in [-0.05, 0) is 43.7 Å². The highest BCUT2D eigenvalue weighted by molar-refractivity contribution is 9.10. The fourth-order valence-electron chi connectivity index (χ4n) is 2.93. The number of β-amino-alcohol motifs (C(OH)–C–C–N with tert-alkyl or cyclic N) is 1. The number of ether oxygens (including phenoxy) is 1. The van der Waals surface area contributed by atoms with Crippen LogP contribution in [0.5, 0.6) is 5.75 Å². The molecule has 0 radical (unpaired) electrons. The number of imide groups is 1. The minimum Gasteiger partial charge on any atom is -0.491 e. The van der Waals surface area contributed by atoms with E-state index < -0.39 is 17.7 Å². The van der Waals surface area contributed by atoms with Crippen molar-refractivity contribution in [2.75, 3.05) is 13.2 Å². The first-order valence-corrected chi connectivity index (χ1v) is 9.36. The van der Waals surface area contributed by atoms with E-state index in [0.717, 1.165) is 14.9 Å². The number of benzene rings is 2. The number of hydrogen-bond donors (Lipinski definition) is 2. The van der Waals surface area contributed by atoms with Crippen LogP contribution in [-0.2, 0) is 10.3 Å². The second-order valence-corrected chi connectivity index (χ2v) is 7.67. The first-order chi connectivity index (χ1) is 12.8. The van der Waals surface area contributed by atoms with Crippen LogP contribution in [0.2, 0.25) is 0 Å². The van der Waals surface area contributed by atoms with Gasteiger partial charge in [-0.15, -0.1) is 0 Å². The van der Waals surface area contributed by atoms with E-state index in [1.54, 1.807) is 19.1 Å². The summed E-state index contributed by atoms with van der Waals surface area (Å²) < 4.78 is 6.43. The number of aliphatic hydroxyl groups is 1. The van der Waals surface area contributed by atoms with Gasteiger partial charge in [-0.1, -0.05) is 45.8 Å². The molecule has 0 bridgehead atoms. The molecule has 1 aliphatic rings. The molecule has 27 heavy (non-hydrogen) atoms. The summed E-state index contributed by atoms with van der Waals surface area (Å²) >= 11 is 3.34. The van der Waals surface area contributed by atoms with Crippen molar-refractivity contribution in [2.24, 2.45) is 0 Å². The Bertz CT molecular complexity index is 838. The highest BCUT2D eigenvalue weighted by atomic mass is 79.9. The molecule has 142 valence electrons. The summed E-state index contributed by atoms with van der Waals surface area (Å²) in [6.07, 6.45) is -0.997. The molecule has 2 aromatic rings. The second-order valence-electron chi connectivity index (χ2n) is 6.76. The third kappa shape index (κ3) is 4.14. The number of hydrogen-bond acceptors (Lipinski definition) is 4. The minimum atomic E-state index is -1.14. The van der Waals surface area contributed by atoms with Crippen LogP contribution < -0.4 is 10.1 Å². The number of aryl methyl sites for hydroxylation is 1. The lowest BCUT2D eigenvalue weighted by Crippen LogP contribution is -2.42. The summed E-state index contributed by atoms with van der Waals surface area (Å²) in [6, 6.07) is 14.1. The van der Waals surface area contributed by atoms with E-state index in [1.807, 2.05) is 43.3 Å². The van der Waals surface area contributed by atoms with E-state index >= 15 is 0 Å². The maximum atomic E-state index is 12.9. The summed E-state index contributed by atoms with van der Waals surface area (Å²) in [6.45, 7) is 3.46. The van der Waals surface area contributed by atoms with Gasteiger partial charge in [0.1, 0.15) is 24.0 Å². The Labute approximate surface area is 166 Å². The topological polar surface area (TPSA) is 78.9 Å². The molecule has 6 nitrogen and oxygen atoms in total. The average molecular weight is 433 g/mol. The Morgan fingerprint density at radius 3 is 2.41 bits per heavy atom. The summed E-state index contributed by atoms with van der Waals surface area (Å²) in [5.41, 5.74) is 0.628. The molecule has 1 fully saturated rings. The van der Waals surface area contributed by atoms with E-state index in [-0.39, 0.29) is 19.1 Å². The lowest BCUT2D eigenvalue weighted by atomic mass is 9.91. The maximum absolute atomic E-state index is 12.9. The number of urea groups is 1. The Balaban J connectivity index is 1.64. The van der Waals surface area contributed by atoms with Gasteiger partial charge >= 0.3 is 6.03 Å². The second kappa shape index (κ2) is 7.70. The molecule has 1 heterocycles. The van der Waals surface area contributed by atoms with Gasteiger partial charge in [0.2, 0.25) is 0 Å². The molecule has 0 unspecified atom stereocenters. The van der Waals surface area contributed by atoms with Crippen LogP contribution >= 0.6 is 15.9 Å². The molecule has 2 aromatic carbocycles. The van der Waals surface area contributed by atoms with Gasteiger partial charge in [-0.3, -0.25) is 9.69 Å². The summed E-state index contributed by atoms with van der Waals surface area (Å²) in [5, 5.41) is 13.0. The molecule has 7 heteroatoms. The molecule has 3 amide bonds. The molecule has 1 saturated heterocycles. The maximum Gasteiger partial charge on any atom is 0.325 e. The average Bonchev–Trinajstić information content (AvgIpc) is 2.86. The monoisotopic (exact) mass is 432 g/mol. The molecule has 3 rings (SSSR count). The minimum absolute atomic E-state index is 0.0278. The number of halogens is 1. The van der Waals surface area contributed by atoms with Crippen LogP contribution in [0.3, 0.4) is 0 Å². The third-order valence-electron chi connectivity index (χ3n) is 4.55. The molecule has 0 aromatic heterocycles. The molecule has 2 atom stereocenters. The highest BCUT2D eigenvalue weighted by Crippen LogP contribution is 2.29. The lowest BCUT2D eigenvalue weighted by molar-refractivity contribution is -0.132. The standard InChI is InChI=1S/C20H21BrN2O4/c1-13-3-5-14(6-4-13)20(2)18(25)23(19(26)22-20)11-16(24)12-27-17-9-7-15(21)8-10-17/h3-10,16,24H,11-12H2,1-2H3,(H,22,26)/t16-,20-/m0/s1. The molecule has 0 aliphatic carbocycles. The van der Waals surface area contributed by atoms with Gasteiger partial charge in [0, 0.05) is 4.47 Å². The molecular formula is C20H21BrN2O4. The van der Waals surface area contributed by atoms with Crippen molar-refractivity contribution < 1.29 is 19.4 Å². The number of nitrogens with one attached hydrogen (secondary N) is 1. The zero-order valence-corrected chi connectivity index (χ0v) is 16.7. The molecular weight excluding hydrogens is 412 g/mol. The molecule has 1 aliphatic heterocycles.